The first kappa shape index (κ1) is 21.0. The van der Waals surface area contributed by atoms with Gasteiger partial charge < -0.3 is 4.74 Å². The van der Waals surface area contributed by atoms with E-state index in [0.29, 0.717) is 24.4 Å². The molecular weight excluding hydrogens is 438 g/mol. The topological polar surface area (TPSA) is 82.7 Å². The molecule has 6 rings (SSSR count). The summed E-state index contributed by atoms with van der Waals surface area (Å²) < 4.78 is 29.7. The number of aryl methyl sites for hydroxylation is 1. The normalized spacial score (nSPS) is 16.3. The van der Waals surface area contributed by atoms with Crippen molar-refractivity contribution in [3.8, 4) is 22.6 Å². The lowest BCUT2D eigenvalue weighted by Gasteiger charge is -2.17. The molecule has 7 nitrogen and oxygen atoms in total. The van der Waals surface area contributed by atoms with Gasteiger partial charge in [-0.1, -0.05) is 12.1 Å². The number of likely N-dealkylation sites (tertiary alicyclic amines) is 1. The van der Waals surface area contributed by atoms with Crippen LogP contribution in [0.3, 0.4) is 0 Å². The first-order chi connectivity index (χ1) is 16.6. The van der Waals surface area contributed by atoms with Crippen molar-refractivity contribution in [2.75, 3.05) is 13.1 Å². The van der Waals surface area contributed by atoms with E-state index in [0.717, 1.165) is 64.3 Å². The molecule has 0 amide bonds. The number of aromatic amines is 2. The summed E-state index contributed by atoms with van der Waals surface area (Å²) in [4.78, 5) is 7.10. The molecule has 0 saturated carbocycles. The lowest BCUT2D eigenvalue weighted by Crippen LogP contribution is -2.19. The zero-order valence-electron chi connectivity index (χ0n) is 18.5. The number of nitrogens with one attached hydrogen (secondary N) is 2. The minimum absolute atomic E-state index is 0.320. The molecule has 3 heterocycles. The number of ether oxygens (including phenoxy) is 1. The smallest absolute Gasteiger partial charge is 0.387 e. The number of rotatable bonds is 6. The predicted octanol–water partition coefficient (Wildman–Crippen LogP) is 5.14. The van der Waals surface area contributed by atoms with Gasteiger partial charge >= 0.3 is 6.61 Å². The highest BCUT2D eigenvalue weighted by molar-refractivity contribution is 5.95. The lowest BCUT2D eigenvalue weighted by atomic mass is 9.93. The fourth-order valence-corrected chi connectivity index (χ4v) is 4.84. The molecule has 34 heavy (non-hydrogen) atoms. The Morgan fingerprint density at radius 2 is 1.82 bits per heavy atom. The van der Waals surface area contributed by atoms with E-state index >= 15 is 0 Å². The van der Waals surface area contributed by atoms with Crippen LogP contribution in [0.1, 0.15) is 36.2 Å². The summed E-state index contributed by atoms with van der Waals surface area (Å²) in [6, 6.07) is 12.0. The van der Waals surface area contributed by atoms with Crippen LogP contribution in [-0.2, 0) is 17.7 Å². The number of alkyl halides is 2. The van der Waals surface area contributed by atoms with Gasteiger partial charge in [0.1, 0.15) is 11.6 Å². The number of hydrogen-bond acceptors (Lipinski definition) is 5. The molecule has 1 saturated heterocycles. The molecule has 0 unspecified atom stereocenters. The number of nitrogens with zero attached hydrogens (tertiary/aromatic N) is 4. The molecule has 2 aromatic heterocycles. The van der Waals surface area contributed by atoms with Gasteiger partial charge in [0.25, 0.3) is 0 Å². The van der Waals surface area contributed by atoms with Crippen LogP contribution in [0, 0.1) is 0 Å². The molecule has 2 aromatic carbocycles. The van der Waals surface area contributed by atoms with E-state index in [-0.39, 0.29) is 0 Å². The van der Waals surface area contributed by atoms with Gasteiger partial charge in [-0.05, 0) is 73.8 Å². The second-order valence-electron chi connectivity index (χ2n) is 8.82. The second-order valence-corrected chi connectivity index (χ2v) is 8.82. The van der Waals surface area contributed by atoms with Gasteiger partial charge in [-0.3, -0.25) is 15.1 Å². The molecule has 0 bridgehead atoms. The van der Waals surface area contributed by atoms with E-state index in [1.807, 2.05) is 24.3 Å². The maximum Gasteiger partial charge on any atom is 0.387 e. The number of benzene rings is 2. The Labute approximate surface area is 194 Å². The van der Waals surface area contributed by atoms with Crippen LogP contribution in [0.2, 0.25) is 0 Å². The fraction of sp³-hybridized carbons (Fsp3) is 0.320. The largest absolute Gasteiger partial charge is 0.439 e. The Morgan fingerprint density at radius 3 is 2.68 bits per heavy atom. The van der Waals surface area contributed by atoms with Gasteiger partial charge in [0.15, 0.2) is 5.82 Å². The monoisotopic (exact) mass is 462 g/mol. The number of H-pyrrole nitrogens is 2. The minimum Gasteiger partial charge on any atom is -0.439 e. The Balaban J connectivity index is 1.29. The summed E-state index contributed by atoms with van der Waals surface area (Å²) in [7, 11) is 0. The summed E-state index contributed by atoms with van der Waals surface area (Å²) in [5, 5.41) is 16.2. The Hall–Kier alpha value is -3.59. The molecule has 1 aliphatic carbocycles. The average Bonchev–Trinajstić information content (AvgIpc) is 3.59. The third kappa shape index (κ3) is 4.07. The highest BCUT2D eigenvalue weighted by Gasteiger charge is 2.18. The van der Waals surface area contributed by atoms with Crippen molar-refractivity contribution in [1.29, 1.82) is 0 Å². The van der Waals surface area contributed by atoms with Crippen LogP contribution >= 0.6 is 0 Å². The van der Waals surface area contributed by atoms with Crippen LogP contribution in [0.5, 0.6) is 0 Å². The van der Waals surface area contributed by atoms with Crippen molar-refractivity contribution in [3.05, 3.63) is 59.1 Å². The van der Waals surface area contributed by atoms with Crippen LogP contribution < -0.4 is 0 Å². The molecule has 2 aliphatic rings. The predicted molar refractivity (Wildman–Crippen MR) is 125 cm³/mol. The van der Waals surface area contributed by atoms with Gasteiger partial charge in [0.2, 0.25) is 0 Å². The Kier molecular flexibility index (Phi) is 5.33. The first-order valence-corrected chi connectivity index (χ1v) is 11.5. The summed E-state index contributed by atoms with van der Waals surface area (Å²) in [5.74, 6) is 1.87. The molecule has 0 spiro atoms. The van der Waals surface area contributed by atoms with Crippen LogP contribution in [-0.4, -0.2) is 50.0 Å². The molecule has 1 fully saturated rings. The van der Waals surface area contributed by atoms with Crippen molar-refractivity contribution in [2.45, 2.75) is 38.8 Å². The zero-order valence-corrected chi connectivity index (χ0v) is 18.5. The molecular formula is C25H24F2N6O. The van der Waals surface area contributed by atoms with Gasteiger partial charge in [0.05, 0.1) is 17.8 Å². The Morgan fingerprint density at radius 1 is 0.971 bits per heavy atom. The van der Waals surface area contributed by atoms with Crippen molar-refractivity contribution in [2.24, 2.45) is 0 Å². The highest BCUT2D eigenvalue weighted by atomic mass is 19.3. The van der Waals surface area contributed by atoms with Crippen molar-refractivity contribution >= 4 is 17.0 Å². The van der Waals surface area contributed by atoms with Crippen LogP contribution in [0.25, 0.3) is 39.6 Å². The highest BCUT2D eigenvalue weighted by Crippen LogP contribution is 2.33. The maximum atomic E-state index is 12.6. The van der Waals surface area contributed by atoms with E-state index in [2.05, 4.69) is 42.2 Å². The standard InChI is InChI=1S/C25H24F2N6O/c26-25(27)34-19-7-5-15-11-17(4-3-16(15)12-19)23-20-13-18(6-8-21(20)29-31-23)24-28-22(30-32-24)14-33-9-1-2-10-33/h3-4,6,8,11-13,25H,1-2,5,7,9-10,14H2,(H,29,31)(H,28,30,32). The summed E-state index contributed by atoms with van der Waals surface area (Å²) >= 11 is 0. The van der Waals surface area contributed by atoms with E-state index in [1.54, 1.807) is 6.08 Å². The molecule has 4 aromatic rings. The molecule has 0 atom stereocenters. The maximum absolute atomic E-state index is 12.6. The van der Waals surface area contributed by atoms with Crippen molar-refractivity contribution in [1.82, 2.24) is 30.3 Å². The molecule has 174 valence electrons. The first-order valence-electron chi connectivity index (χ1n) is 11.5. The summed E-state index contributed by atoms with van der Waals surface area (Å²) in [5.41, 5.74) is 5.65. The molecule has 0 radical (unpaired) electrons. The number of fused-ring (bicyclic) bond motifs is 2. The van der Waals surface area contributed by atoms with Gasteiger partial charge in [-0.15, -0.1) is 0 Å². The SMILES string of the molecule is FC(F)OC1=Cc2ccc(-c3n[nH]c4ccc(-c5n[nH]c(CN6CCCC6)n5)cc34)cc2CC1. The number of halogens is 2. The van der Waals surface area contributed by atoms with Gasteiger partial charge in [0, 0.05) is 22.9 Å². The van der Waals surface area contributed by atoms with Crippen molar-refractivity contribution in [3.63, 3.8) is 0 Å². The average molecular weight is 463 g/mol. The van der Waals surface area contributed by atoms with E-state index < -0.39 is 6.61 Å². The fourth-order valence-electron chi connectivity index (χ4n) is 4.84. The number of allylic oxidation sites excluding steroid dienone is 1. The lowest BCUT2D eigenvalue weighted by molar-refractivity contribution is -0.0974. The molecule has 1 aliphatic heterocycles. The zero-order chi connectivity index (χ0) is 23.1. The van der Waals surface area contributed by atoms with Gasteiger partial charge in [-0.25, -0.2) is 4.98 Å². The third-order valence-electron chi connectivity index (χ3n) is 6.54. The number of aromatic nitrogens is 5. The van der Waals surface area contributed by atoms with Crippen molar-refractivity contribution < 1.29 is 13.5 Å². The molecule has 9 heteroatoms. The Bertz CT molecular complexity index is 1370. The third-order valence-corrected chi connectivity index (χ3v) is 6.54. The quantitative estimate of drug-likeness (QED) is 0.415. The van der Waals surface area contributed by atoms with E-state index in [4.69, 9.17) is 4.98 Å². The number of hydrogen-bond donors (Lipinski definition) is 2. The van der Waals surface area contributed by atoms with Gasteiger partial charge in [-0.2, -0.15) is 19.0 Å². The molecule has 2 N–H and O–H groups in total. The van der Waals surface area contributed by atoms with E-state index in [1.165, 1.54) is 12.8 Å². The summed E-state index contributed by atoms with van der Waals surface area (Å²) in [6.07, 6.45) is 5.27. The minimum atomic E-state index is -2.79. The van der Waals surface area contributed by atoms with Crippen LogP contribution in [0.4, 0.5) is 8.78 Å². The summed E-state index contributed by atoms with van der Waals surface area (Å²) in [6.45, 7) is 0.214. The van der Waals surface area contributed by atoms with E-state index in [9.17, 15) is 8.78 Å². The van der Waals surface area contributed by atoms with Crippen LogP contribution in [0.15, 0.2) is 42.2 Å². The second kappa shape index (κ2) is 8.64.